The number of hydrogen-bond donors (Lipinski definition) is 3. The maximum atomic E-state index is 13.0. The van der Waals surface area contributed by atoms with Crippen molar-refractivity contribution in [2.75, 3.05) is 11.9 Å². The van der Waals surface area contributed by atoms with Gasteiger partial charge < -0.3 is 15.7 Å². The van der Waals surface area contributed by atoms with E-state index in [4.69, 9.17) is 5.11 Å². The number of carboxylic acid groups (broad SMARTS) is 1. The number of urea groups is 1. The highest BCUT2D eigenvalue weighted by atomic mass is 19.1. The Labute approximate surface area is 103 Å². The van der Waals surface area contributed by atoms with E-state index in [1.165, 1.54) is 0 Å². The average molecular weight is 252 g/mol. The van der Waals surface area contributed by atoms with Crippen molar-refractivity contribution < 1.29 is 19.1 Å². The van der Waals surface area contributed by atoms with Crippen LogP contribution in [0.2, 0.25) is 0 Å². The first-order valence-electron chi connectivity index (χ1n) is 5.64. The van der Waals surface area contributed by atoms with Crippen LogP contribution < -0.4 is 10.6 Å². The SMILES string of the molecule is O=C(NCC1CC1)Nc1cc(F)ccc1C(=O)O. The van der Waals surface area contributed by atoms with Crippen LogP contribution in [0.4, 0.5) is 14.9 Å². The van der Waals surface area contributed by atoms with Crippen molar-refractivity contribution in [2.24, 2.45) is 5.92 Å². The summed E-state index contributed by atoms with van der Waals surface area (Å²) >= 11 is 0. The van der Waals surface area contributed by atoms with Crippen LogP contribution in [0, 0.1) is 11.7 Å². The predicted octanol–water partition coefficient (Wildman–Crippen LogP) is 2.06. The normalized spacial score (nSPS) is 14.1. The lowest BCUT2D eigenvalue weighted by molar-refractivity contribution is 0.0698. The molecule has 2 rings (SSSR count). The third kappa shape index (κ3) is 3.19. The Bertz CT molecular complexity index is 486. The van der Waals surface area contributed by atoms with E-state index in [-0.39, 0.29) is 11.3 Å². The fourth-order valence-corrected chi connectivity index (χ4v) is 1.53. The Hall–Kier alpha value is -2.11. The number of benzene rings is 1. The van der Waals surface area contributed by atoms with Crippen LogP contribution in [-0.2, 0) is 0 Å². The van der Waals surface area contributed by atoms with E-state index in [0.29, 0.717) is 12.5 Å². The fourth-order valence-electron chi connectivity index (χ4n) is 1.53. The molecule has 0 aromatic heterocycles. The Morgan fingerprint density at radius 3 is 2.72 bits per heavy atom. The third-order valence-corrected chi connectivity index (χ3v) is 2.71. The molecule has 18 heavy (non-hydrogen) atoms. The van der Waals surface area contributed by atoms with Crippen LogP contribution in [-0.4, -0.2) is 23.7 Å². The Morgan fingerprint density at radius 2 is 2.11 bits per heavy atom. The zero-order valence-electron chi connectivity index (χ0n) is 9.57. The van der Waals surface area contributed by atoms with Gasteiger partial charge in [0.25, 0.3) is 0 Å². The lowest BCUT2D eigenvalue weighted by Crippen LogP contribution is -2.31. The first-order chi connectivity index (χ1) is 8.56. The van der Waals surface area contributed by atoms with Gasteiger partial charge in [0, 0.05) is 6.54 Å². The molecule has 1 aromatic rings. The monoisotopic (exact) mass is 252 g/mol. The van der Waals surface area contributed by atoms with Gasteiger partial charge in [0.1, 0.15) is 5.82 Å². The van der Waals surface area contributed by atoms with Gasteiger partial charge in [-0.3, -0.25) is 0 Å². The number of carbonyl (C=O) groups is 2. The van der Waals surface area contributed by atoms with Crippen molar-refractivity contribution in [3.8, 4) is 0 Å². The standard InChI is InChI=1S/C12H13FN2O3/c13-8-3-4-9(11(16)17)10(5-8)15-12(18)14-6-7-1-2-7/h3-5,7H,1-2,6H2,(H,16,17)(H2,14,15,18). The highest BCUT2D eigenvalue weighted by Crippen LogP contribution is 2.27. The minimum atomic E-state index is -1.22. The first kappa shape index (κ1) is 12.3. The molecule has 1 aromatic carbocycles. The summed E-state index contributed by atoms with van der Waals surface area (Å²) in [6.07, 6.45) is 2.20. The molecule has 1 aliphatic rings. The van der Waals surface area contributed by atoms with Crippen LogP contribution in [0.5, 0.6) is 0 Å². The van der Waals surface area contributed by atoms with Gasteiger partial charge in [-0.15, -0.1) is 0 Å². The zero-order valence-corrected chi connectivity index (χ0v) is 9.57. The predicted molar refractivity (Wildman–Crippen MR) is 63.1 cm³/mol. The molecule has 0 heterocycles. The molecule has 6 heteroatoms. The number of halogens is 1. The number of rotatable bonds is 4. The molecular weight excluding hydrogens is 239 g/mol. The van der Waals surface area contributed by atoms with Gasteiger partial charge in [0.05, 0.1) is 11.3 Å². The highest BCUT2D eigenvalue weighted by Gasteiger charge is 2.22. The lowest BCUT2D eigenvalue weighted by atomic mass is 10.2. The zero-order chi connectivity index (χ0) is 13.1. The molecule has 0 atom stereocenters. The molecule has 0 spiro atoms. The van der Waals surface area contributed by atoms with Crippen molar-refractivity contribution in [3.05, 3.63) is 29.6 Å². The number of amides is 2. The topological polar surface area (TPSA) is 78.4 Å². The van der Waals surface area contributed by atoms with Crippen LogP contribution in [0.15, 0.2) is 18.2 Å². The molecule has 0 aliphatic heterocycles. The third-order valence-electron chi connectivity index (χ3n) is 2.71. The summed E-state index contributed by atoms with van der Waals surface area (Å²) in [6, 6.07) is 2.63. The summed E-state index contributed by atoms with van der Waals surface area (Å²) in [5, 5.41) is 13.9. The Kier molecular flexibility index (Phi) is 3.45. The van der Waals surface area contributed by atoms with Gasteiger partial charge >= 0.3 is 12.0 Å². The fraction of sp³-hybridized carbons (Fsp3) is 0.333. The maximum absolute atomic E-state index is 13.0. The molecule has 1 saturated carbocycles. The first-order valence-corrected chi connectivity index (χ1v) is 5.64. The number of nitrogens with one attached hydrogen (secondary N) is 2. The summed E-state index contributed by atoms with van der Waals surface area (Å²) in [5.41, 5.74) is -0.186. The molecule has 0 bridgehead atoms. The van der Waals surface area contributed by atoms with Crippen LogP contribution in [0.25, 0.3) is 0 Å². The van der Waals surface area contributed by atoms with E-state index in [0.717, 1.165) is 31.0 Å². The van der Waals surface area contributed by atoms with Gasteiger partial charge in [-0.05, 0) is 37.0 Å². The largest absolute Gasteiger partial charge is 0.478 e. The molecule has 0 unspecified atom stereocenters. The van der Waals surface area contributed by atoms with Crippen molar-refractivity contribution in [1.82, 2.24) is 5.32 Å². The molecule has 2 amide bonds. The molecule has 5 nitrogen and oxygen atoms in total. The van der Waals surface area contributed by atoms with Gasteiger partial charge in [-0.25, -0.2) is 14.0 Å². The van der Waals surface area contributed by atoms with Gasteiger partial charge in [0.2, 0.25) is 0 Å². The van der Waals surface area contributed by atoms with E-state index < -0.39 is 17.8 Å². The van der Waals surface area contributed by atoms with E-state index in [9.17, 15) is 14.0 Å². The Balaban J connectivity index is 2.03. The highest BCUT2D eigenvalue weighted by molar-refractivity contribution is 5.99. The van der Waals surface area contributed by atoms with E-state index >= 15 is 0 Å². The van der Waals surface area contributed by atoms with E-state index in [1.54, 1.807) is 0 Å². The summed E-state index contributed by atoms with van der Waals surface area (Å²) in [7, 11) is 0. The van der Waals surface area contributed by atoms with Crippen LogP contribution in [0.1, 0.15) is 23.2 Å². The van der Waals surface area contributed by atoms with E-state index in [2.05, 4.69) is 10.6 Å². The van der Waals surface area contributed by atoms with Gasteiger partial charge in [0.15, 0.2) is 0 Å². The summed E-state index contributed by atoms with van der Waals surface area (Å²) in [4.78, 5) is 22.4. The molecule has 1 fully saturated rings. The average Bonchev–Trinajstić information content (AvgIpc) is 3.09. The lowest BCUT2D eigenvalue weighted by Gasteiger charge is -2.09. The second-order valence-electron chi connectivity index (χ2n) is 4.27. The number of carbonyl (C=O) groups excluding carboxylic acids is 1. The van der Waals surface area contributed by atoms with Gasteiger partial charge in [-0.1, -0.05) is 0 Å². The molecule has 96 valence electrons. The summed E-state index contributed by atoms with van der Waals surface area (Å²) in [5.74, 6) is -1.30. The smallest absolute Gasteiger partial charge is 0.337 e. The minimum Gasteiger partial charge on any atom is -0.478 e. The molecule has 3 N–H and O–H groups in total. The van der Waals surface area contributed by atoms with Crippen molar-refractivity contribution >= 4 is 17.7 Å². The summed E-state index contributed by atoms with van der Waals surface area (Å²) < 4.78 is 13.0. The summed E-state index contributed by atoms with van der Waals surface area (Å²) in [6.45, 7) is 0.559. The van der Waals surface area contributed by atoms with Crippen molar-refractivity contribution in [2.45, 2.75) is 12.8 Å². The minimum absolute atomic E-state index is 0.0456. The molecular formula is C12H13FN2O3. The Morgan fingerprint density at radius 1 is 1.39 bits per heavy atom. The molecule has 0 saturated heterocycles. The number of anilines is 1. The number of carboxylic acids is 1. The number of hydrogen-bond acceptors (Lipinski definition) is 2. The molecule has 1 aliphatic carbocycles. The maximum Gasteiger partial charge on any atom is 0.337 e. The number of aromatic carboxylic acids is 1. The van der Waals surface area contributed by atoms with Crippen LogP contribution >= 0.6 is 0 Å². The van der Waals surface area contributed by atoms with Crippen LogP contribution in [0.3, 0.4) is 0 Å². The second-order valence-corrected chi connectivity index (χ2v) is 4.27. The second kappa shape index (κ2) is 5.03. The van der Waals surface area contributed by atoms with Crippen molar-refractivity contribution in [3.63, 3.8) is 0 Å². The van der Waals surface area contributed by atoms with Gasteiger partial charge in [-0.2, -0.15) is 0 Å². The quantitative estimate of drug-likeness (QED) is 0.767. The molecule has 0 radical (unpaired) electrons. The van der Waals surface area contributed by atoms with E-state index in [1.807, 2.05) is 0 Å². The van der Waals surface area contributed by atoms with Crippen molar-refractivity contribution in [1.29, 1.82) is 0 Å².